The van der Waals surface area contributed by atoms with Crippen molar-refractivity contribution in [2.75, 3.05) is 13.7 Å². The van der Waals surface area contributed by atoms with Gasteiger partial charge in [-0.3, -0.25) is 9.59 Å². The Hall–Kier alpha value is -4.06. The molecule has 1 aliphatic rings. The number of aryl methyl sites for hydroxylation is 1. The van der Waals surface area contributed by atoms with Gasteiger partial charge in [0.2, 0.25) is 0 Å². The quantitative estimate of drug-likeness (QED) is 0.200. The Morgan fingerprint density at radius 3 is 2.26 bits per heavy atom. The largest absolute Gasteiger partial charge is 0.507 e. The molecule has 0 bridgehead atoms. The minimum atomic E-state index is -0.727. The van der Waals surface area contributed by atoms with Crippen LogP contribution in [0, 0.1) is 6.92 Å². The highest BCUT2D eigenvalue weighted by atomic mass is 16.5. The molecular formula is C32H35NO5. The van der Waals surface area contributed by atoms with Crippen molar-refractivity contribution >= 4 is 17.4 Å². The first kappa shape index (κ1) is 27.0. The molecule has 3 aromatic carbocycles. The van der Waals surface area contributed by atoms with Gasteiger partial charge in [-0.25, -0.2) is 0 Å². The normalized spacial score (nSPS) is 16.8. The van der Waals surface area contributed by atoms with Crippen LogP contribution in [0.25, 0.3) is 5.76 Å². The van der Waals surface area contributed by atoms with Gasteiger partial charge in [0.05, 0.1) is 25.3 Å². The second-order valence-electron chi connectivity index (χ2n) is 9.93. The van der Waals surface area contributed by atoms with Gasteiger partial charge in [0, 0.05) is 12.1 Å². The molecular weight excluding hydrogens is 478 g/mol. The number of carbonyl (C=O) groups is 2. The first-order chi connectivity index (χ1) is 18.2. The highest BCUT2D eigenvalue weighted by Gasteiger charge is 2.46. The number of aliphatic hydroxyl groups is 1. The summed E-state index contributed by atoms with van der Waals surface area (Å²) in [4.78, 5) is 28.3. The van der Waals surface area contributed by atoms with E-state index in [0.717, 1.165) is 34.4 Å². The van der Waals surface area contributed by atoms with Gasteiger partial charge in [-0.05, 0) is 71.8 Å². The van der Waals surface area contributed by atoms with E-state index in [1.165, 1.54) is 4.90 Å². The predicted octanol–water partition coefficient (Wildman–Crippen LogP) is 6.54. The number of carbonyl (C=O) groups excluding carboxylic acids is 2. The fraction of sp³-hybridized carbons (Fsp3) is 0.312. The number of rotatable bonds is 9. The van der Waals surface area contributed by atoms with E-state index in [4.69, 9.17) is 9.47 Å². The van der Waals surface area contributed by atoms with Crippen molar-refractivity contribution in [1.82, 2.24) is 4.90 Å². The molecule has 1 amide bonds. The minimum Gasteiger partial charge on any atom is -0.507 e. The van der Waals surface area contributed by atoms with Crippen LogP contribution in [0.1, 0.15) is 67.0 Å². The SMILES string of the molecule is CCCOc1ccc(/C(O)=C2/C(=O)C(=O)N(Cc3ccc(OC)cc3)C2c2ccc(C(C)C)cc2)cc1C. The summed E-state index contributed by atoms with van der Waals surface area (Å²) in [6.07, 6.45) is 0.883. The molecule has 4 rings (SSSR count). The van der Waals surface area contributed by atoms with E-state index in [1.807, 2.05) is 62.4 Å². The molecule has 1 saturated heterocycles. The van der Waals surface area contributed by atoms with E-state index in [-0.39, 0.29) is 17.9 Å². The zero-order valence-corrected chi connectivity index (χ0v) is 22.7. The van der Waals surface area contributed by atoms with Crippen molar-refractivity contribution in [1.29, 1.82) is 0 Å². The van der Waals surface area contributed by atoms with Crippen LogP contribution in [-0.2, 0) is 16.1 Å². The molecule has 0 spiro atoms. The molecule has 6 nitrogen and oxygen atoms in total. The van der Waals surface area contributed by atoms with Crippen LogP contribution >= 0.6 is 0 Å². The van der Waals surface area contributed by atoms with Crippen LogP contribution < -0.4 is 9.47 Å². The third kappa shape index (κ3) is 5.44. The molecule has 1 unspecified atom stereocenters. The molecule has 1 atom stereocenters. The summed E-state index contributed by atoms with van der Waals surface area (Å²) in [6.45, 7) is 8.96. The monoisotopic (exact) mass is 513 g/mol. The second-order valence-corrected chi connectivity index (χ2v) is 9.93. The zero-order chi connectivity index (χ0) is 27.4. The number of amides is 1. The van der Waals surface area contributed by atoms with Gasteiger partial charge in [0.1, 0.15) is 17.3 Å². The topological polar surface area (TPSA) is 76.1 Å². The number of likely N-dealkylation sites (tertiary alicyclic amines) is 1. The smallest absolute Gasteiger partial charge is 0.295 e. The van der Waals surface area contributed by atoms with E-state index in [2.05, 4.69) is 13.8 Å². The molecule has 1 N–H and O–H groups in total. The summed E-state index contributed by atoms with van der Waals surface area (Å²) in [6, 6.07) is 19.9. The van der Waals surface area contributed by atoms with Gasteiger partial charge in [-0.2, -0.15) is 0 Å². The Bertz CT molecular complexity index is 1340. The molecule has 198 valence electrons. The minimum absolute atomic E-state index is 0.0856. The summed E-state index contributed by atoms with van der Waals surface area (Å²) in [5.74, 6) is 0.246. The number of ether oxygens (including phenoxy) is 2. The lowest BCUT2D eigenvalue weighted by molar-refractivity contribution is -0.140. The Morgan fingerprint density at radius 1 is 1.00 bits per heavy atom. The maximum Gasteiger partial charge on any atom is 0.295 e. The van der Waals surface area contributed by atoms with E-state index < -0.39 is 17.7 Å². The van der Waals surface area contributed by atoms with Crippen molar-refractivity contribution in [3.63, 3.8) is 0 Å². The average Bonchev–Trinajstić information content (AvgIpc) is 3.17. The van der Waals surface area contributed by atoms with Crippen LogP contribution in [0.3, 0.4) is 0 Å². The van der Waals surface area contributed by atoms with E-state index in [9.17, 15) is 14.7 Å². The zero-order valence-electron chi connectivity index (χ0n) is 22.7. The molecule has 0 aliphatic carbocycles. The fourth-order valence-corrected chi connectivity index (χ4v) is 4.71. The van der Waals surface area contributed by atoms with Crippen LogP contribution in [0.2, 0.25) is 0 Å². The van der Waals surface area contributed by atoms with Gasteiger partial charge in [0.15, 0.2) is 0 Å². The lowest BCUT2D eigenvalue weighted by atomic mass is 9.92. The molecule has 1 fully saturated rings. The van der Waals surface area contributed by atoms with Gasteiger partial charge >= 0.3 is 0 Å². The third-order valence-corrected chi connectivity index (χ3v) is 6.88. The van der Waals surface area contributed by atoms with Crippen LogP contribution in [0.5, 0.6) is 11.5 Å². The van der Waals surface area contributed by atoms with Gasteiger partial charge < -0.3 is 19.5 Å². The van der Waals surface area contributed by atoms with Crippen molar-refractivity contribution < 1.29 is 24.2 Å². The highest BCUT2D eigenvalue weighted by molar-refractivity contribution is 6.46. The third-order valence-electron chi connectivity index (χ3n) is 6.88. The van der Waals surface area contributed by atoms with E-state index in [0.29, 0.717) is 23.8 Å². The molecule has 0 radical (unpaired) electrons. The maximum atomic E-state index is 13.4. The Kier molecular flexibility index (Phi) is 8.20. The van der Waals surface area contributed by atoms with Crippen molar-refractivity contribution in [3.8, 4) is 11.5 Å². The molecule has 1 heterocycles. The van der Waals surface area contributed by atoms with Gasteiger partial charge in [-0.15, -0.1) is 0 Å². The molecule has 6 heteroatoms. The number of Topliss-reactive ketones (excluding diaryl/α,β-unsaturated/α-hetero) is 1. The maximum absolute atomic E-state index is 13.4. The number of ketones is 1. The standard InChI is InChI=1S/C32H35NO5/c1-6-17-38-27-16-13-25(18-21(27)4)30(34)28-29(24-11-9-23(10-12-24)20(2)3)33(32(36)31(28)35)19-22-7-14-26(37-5)15-8-22/h7-16,18,20,29,34H,6,17,19H2,1-5H3/b30-28-. The number of nitrogens with zero attached hydrogens (tertiary/aromatic N) is 1. The lowest BCUT2D eigenvalue weighted by Crippen LogP contribution is -2.29. The lowest BCUT2D eigenvalue weighted by Gasteiger charge is -2.26. The predicted molar refractivity (Wildman–Crippen MR) is 148 cm³/mol. The summed E-state index contributed by atoms with van der Waals surface area (Å²) in [5.41, 5.74) is 4.17. The summed E-state index contributed by atoms with van der Waals surface area (Å²) in [7, 11) is 1.60. The number of methoxy groups -OCH3 is 1. The number of hydrogen-bond acceptors (Lipinski definition) is 5. The number of hydrogen-bond donors (Lipinski definition) is 1. The number of aliphatic hydroxyl groups excluding tert-OH is 1. The van der Waals surface area contributed by atoms with Gasteiger partial charge in [-0.1, -0.05) is 57.2 Å². The molecule has 0 saturated carbocycles. The van der Waals surface area contributed by atoms with Crippen molar-refractivity contribution in [2.24, 2.45) is 0 Å². The number of benzene rings is 3. The van der Waals surface area contributed by atoms with Crippen LogP contribution in [0.4, 0.5) is 0 Å². The summed E-state index contributed by atoms with van der Waals surface area (Å²) in [5, 5.41) is 11.4. The molecule has 1 aliphatic heterocycles. The Balaban J connectivity index is 1.80. The molecule has 3 aromatic rings. The first-order valence-electron chi connectivity index (χ1n) is 13.0. The second kappa shape index (κ2) is 11.5. The van der Waals surface area contributed by atoms with Gasteiger partial charge in [0.25, 0.3) is 11.7 Å². The van der Waals surface area contributed by atoms with Crippen LogP contribution in [0.15, 0.2) is 72.3 Å². The fourth-order valence-electron chi connectivity index (χ4n) is 4.71. The van der Waals surface area contributed by atoms with Crippen molar-refractivity contribution in [2.45, 2.75) is 52.6 Å². The Morgan fingerprint density at radius 2 is 1.68 bits per heavy atom. The van der Waals surface area contributed by atoms with E-state index in [1.54, 1.807) is 25.3 Å². The first-order valence-corrected chi connectivity index (χ1v) is 13.0. The Labute approximate surface area is 224 Å². The summed E-state index contributed by atoms with van der Waals surface area (Å²) < 4.78 is 11.0. The van der Waals surface area contributed by atoms with Crippen LogP contribution in [-0.4, -0.2) is 35.4 Å². The molecule has 0 aromatic heterocycles. The highest BCUT2D eigenvalue weighted by Crippen LogP contribution is 2.41. The summed E-state index contributed by atoms with van der Waals surface area (Å²) >= 11 is 0. The molecule has 38 heavy (non-hydrogen) atoms. The van der Waals surface area contributed by atoms with Crippen molar-refractivity contribution in [3.05, 3.63) is 100 Å². The van der Waals surface area contributed by atoms with E-state index >= 15 is 0 Å². The average molecular weight is 514 g/mol.